The van der Waals surface area contributed by atoms with Gasteiger partial charge in [0.05, 0.1) is 6.61 Å². The Kier molecular flexibility index (Phi) is 8.88. The Bertz CT molecular complexity index is 88.6. The van der Waals surface area contributed by atoms with Gasteiger partial charge in [0.2, 0.25) is 0 Å². The molecule has 0 heterocycles. The molecule has 3 N–H and O–H groups in total. The van der Waals surface area contributed by atoms with Crippen LogP contribution in [0.3, 0.4) is 0 Å². The summed E-state index contributed by atoms with van der Waals surface area (Å²) in [6, 6.07) is 0.307. The van der Waals surface area contributed by atoms with Crippen molar-refractivity contribution in [2.75, 3.05) is 26.8 Å². The van der Waals surface area contributed by atoms with E-state index >= 15 is 0 Å². The van der Waals surface area contributed by atoms with E-state index in [9.17, 15) is 0 Å². The van der Waals surface area contributed by atoms with Gasteiger partial charge < -0.3 is 15.8 Å². The van der Waals surface area contributed by atoms with Crippen LogP contribution < -0.4 is 11.1 Å². The highest BCUT2D eigenvalue weighted by atomic mass is 16.5. The van der Waals surface area contributed by atoms with Gasteiger partial charge in [-0.1, -0.05) is 19.8 Å². The van der Waals surface area contributed by atoms with Gasteiger partial charge in [-0.3, -0.25) is 0 Å². The molecule has 0 saturated carbocycles. The molecule has 0 aliphatic carbocycles. The van der Waals surface area contributed by atoms with E-state index in [0.717, 1.165) is 26.1 Å². The Morgan fingerprint density at radius 3 is 2.83 bits per heavy atom. The predicted octanol–water partition coefficient (Wildman–Crippen LogP) is 0.740. The first kappa shape index (κ1) is 11.9. The first-order chi connectivity index (χ1) is 5.81. The van der Waals surface area contributed by atoms with E-state index in [0.29, 0.717) is 6.04 Å². The number of nitrogens with one attached hydrogen (secondary N) is 1. The van der Waals surface area contributed by atoms with Crippen LogP contribution in [0.25, 0.3) is 0 Å². The van der Waals surface area contributed by atoms with Crippen molar-refractivity contribution in [3.63, 3.8) is 0 Å². The molecule has 0 bridgehead atoms. The zero-order valence-electron chi connectivity index (χ0n) is 8.31. The molecule has 0 fully saturated rings. The molecule has 0 saturated heterocycles. The zero-order chi connectivity index (χ0) is 9.23. The number of rotatable bonds is 8. The standard InChI is InChI=1S/C9H22N2O/c1-3-4-5-9(10)8-11-6-7-12-2/h9,11H,3-8,10H2,1-2H3. The lowest BCUT2D eigenvalue weighted by Crippen LogP contribution is -2.35. The maximum atomic E-state index is 5.84. The molecule has 12 heavy (non-hydrogen) atoms. The molecule has 0 aromatic heterocycles. The lowest BCUT2D eigenvalue weighted by Gasteiger charge is -2.11. The van der Waals surface area contributed by atoms with Gasteiger partial charge in [0.25, 0.3) is 0 Å². The summed E-state index contributed by atoms with van der Waals surface area (Å²) in [5.74, 6) is 0. The molecule has 74 valence electrons. The summed E-state index contributed by atoms with van der Waals surface area (Å²) in [5.41, 5.74) is 5.84. The third-order valence-electron chi connectivity index (χ3n) is 1.82. The Morgan fingerprint density at radius 1 is 1.50 bits per heavy atom. The minimum atomic E-state index is 0.307. The Labute approximate surface area is 75.7 Å². The number of ether oxygens (including phenoxy) is 1. The van der Waals surface area contributed by atoms with E-state index in [2.05, 4.69) is 12.2 Å². The first-order valence-corrected chi connectivity index (χ1v) is 4.76. The summed E-state index contributed by atoms with van der Waals surface area (Å²) in [6.45, 7) is 4.76. The van der Waals surface area contributed by atoms with Crippen LogP contribution in [0.2, 0.25) is 0 Å². The minimum absolute atomic E-state index is 0.307. The summed E-state index contributed by atoms with van der Waals surface area (Å²) in [6.07, 6.45) is 3.58. The molecule has 1 atom stereocenters. The van der Waals surface area contributed by atoms with Gasteiger partial charge in [-0.05, 0) is 6.42 Å². The van der Waals surface area contributed by atoms with Crippen LogP contribution in [-0.4, -0.2) is 32.8 Å². The molecule has 3 heteroatoms. The normalized spacial score (nSPS) is 13.2. The van der Waals surface area contributed by atoms with Crippen LogP contribution >= 0.6 is 0 Å². The Hall–Kier alpha value is -0.120. The fourth-order valence-electron chi connectivity index (χ4n) is 1.03. The smallest absolute Gasteiger partial charge is 0.0587 e. The largest absolute Gasteiger partial charge is 0.383 e. The topological polar surface area (TPSA) is 47.3 Å². The fraction of sp³-hybridized carbons (Fsp3) is 1.00. The summed E-state index contributed by atoms with van der Waals surface area (Å²) < 4.78 is 4.90. The van der Waals surface area contributed by atoms with Crippen molar-refractivity contribution < 1.29 is 4.74 Å². The van der Waals surface area contributed by atoms with Crippen molar-refractivity contribution in [1.82, 2.24) is 5.32 Å². The molecule has 0 aromatic carbocycles. The van der Waals surface area contributed by atoms with E-state index in [-0.39, 0.29) is 0 Å². The number of hydrogen-bond donors (Lipinski definition) is 2. The number of methoxy groups -OCH3 is 1. The predicted molar refractivity (Wildman–Crippen MR) is 52.2 cm³/mol. The van der Waals surface area contributed by atoms with E-state index in [1.165, 1.54) is 12.8 Å². The molecule has 3 nitrogen and oxygen atoms in total. The van der Waals surface area contributed by atoms with E-state index in [4.69, 9.17) is 10.5 Å². The van der Waals surface area contributed by atoms with E-state index in [1.54, 1.807) is 7.11 Å². The lowest BCUT2D eigenvalue weighted by molar-refractivity contribution is 0.199. The van der Waals surface area contributed by atoms with Crippen molar-refractivity contribution in [2.24, 2.45) is 5.73 Å². The molecule has 0 amide bonds. The van der Waals surface area contributed by atoms with Gasteiger partial charge in [-0.2, -0.15) is 0 Å². The summed E-state index contributed by atoms with van der Waals surface area (Å²) in [4.78, 5) is 0. The van der Waals surface area contributed by atoms with Gasteiger partial charge in [-0.15, -0.1) is 0 Å². The van der Waals surface area contributed by atoms with Gasteiger partial charge in [0.1, 0.15) is 0 Å². The van der Waals surface area contributed by atoms with Crippen LogP contribution in [0.4, 0.5) is 0 Å². The Morgan fingerprint density at radius 2 is 2.25 bits per heavy atom. The monoisotopic (exact) mass is 174 g/mol. The number of unbranched alkanes of at least 4 members (excludes halogenated alkanes) is 1. The molecule has 0 spiro atoms. The lowest BCUT2D eigenvalue weighted by atomic mass is 10.1. The van der Waals surface area contributed by atoms with Gasteiger partial charge in [0.15, 0.2) is 0 Å². The number of nitrogens with two attached hydrogens (primary N) is 1. The average molecular weight is 174 g/mol. The summed E-state index contributed by atoms with van der Waals surface area (Å²) in [5, 5.41) is 3.24. The maximum absolute atomic E-state index is 5.84. The van der Waals surface area contributed by atoms with E-state index in [1.807, 2.05) is 0 Å². The highest BCUT2D eigenvalue weighted by molar-refractivity contribution is 4.63. The SMILES string of the molecule is CCCCC(N)CNCCOC. The first-order valence-electron chi connectivity index (χ1n) is 4.76. The van der Waals surface area contributed by atoms with Crippen molar-refractivity contribution >= 4 is 0 Å². The molecule has 1 unspecified atom stereocenters. The van der Waals surface area contributed by atoms with Crippen molar-refractivity contribution in [3.05, 3.63) is 0 Å². The quantitative estimate of drug-likeness (QED) is 0.534. The second kappa shape index (κ2) is 8.97. The van der Waals surface area contributed by atoms with Crippen LogP contribution in [0.15, 0.2) is 0 Å². The molecular formula is C9H22N2O. The van der Waals surface area contributed by atoms with Crippen molar-refractivity contribution in [3.8, 4) is 0 Å². The highest BCUT2D eigenvalue weighted by Gasteiger charge is 1.99. The number of hydrogen-bond acceptors (Lipinski definition) is 3. The average Bonchev–Trinajstić information content (AvgIpc) is 2.09. The molecule has 0 rings (SSSR count). The van der Waals surface area contributed by atoms with Crippen LogP contribution in [-0.2, 0) is 4.74 Å². The molecule has 0 aliphatic heterocycles. The maximum Gasteiger partial charge on any atom is 0.0587 e. The molecular weight excluding hydrogens is 152 g/mol. The Balaban J connectivity index is 3.02. The molecule has 0 aliphatic rings. The molecule has 0 aromatic rings. The van der Waals surface area contributed by atoms with Gasteiger partial charge in [-0.25, -0.2) is 0 Å². The van der Waals surface area contributed by atoms with Crippen molar-refractivity contribution in [2.45, 2.75) is 32.2 Å². The highest BCUT2D eigenvalue weighted by Crippen LogP contribution is 1.96. The third kappa shape index (κ3) is 7.98. The molecule has 0 radical (unpaired) electrons. The van der Waals surface area contributed by atoms with Crippen LogP contribution in [0.5, 0.6) is 0 Å². The second-order valence-electron chi connectivity index (χ2n) is 3.10. The van der Waals surface area contributed by atoms with Gasteiger partial charge in [0, 0.05) is 26.2 Å². The fourth-order valence-corrected chi connectivity index (χ4v) is 1.03. The van der Waals surface area contributed by atoms with E-state index < -0.39 is 0 Å². The van der Waals surface area contributed by atoms with Crippen LogP contribution in [0.1, 0.15) is 26.2 Å². The third-order valence-corrected chi connectivity index (χ3v) is 1.82. The van der Waals surface area contributed by atoms with Crippen molar-refractivity contribution in [1.29, 1.82) is 0 Å². The zero-order valence-corrected chi connectivity index (χ0v) is 8.31. The van der Waals surface area contributed by atoms with Crippen LogP contribution in [0, 0.1) is 0 Å². The minimum Gasteiger partial charge on any atom is -0.383 e. The van der Waals surface area contributed by atoms with Gasteiger partial charge >= 0.3 is 0 Å². The summed E-state index contributed by atoms with van der Waals surface area (Å²) in [7, 11) is 1.71. The second-order valence-corrected chi connectivity index (χ2v) is 3.10. The summed E-state index contributed by atoms with van der Waals surface area (Å²) >= 11 is 0.